The number of rotatable bonds is 4. The van der Waals surface area contributed by atoms with Crippen LogP contribution in [0.15, 0.2) is 53.6 Å². The van der Waals surface area contributed by atoms with E-state index in [1.165, 1.54) is 25.5 Å². The molecule has 118 valence electrons. The van der Waals surface area contributed by atoms with E-state index in [-0.39, 0.29) is 5.75 Å². The molecule has 0 unspecified atom stereocenters. The molecule has 0 saturated carbocycles. The summed E-state index contributed by atoms with van der Waals surface area (Å²) in [5.74, 6) is -1.28. The summed E-state index contributed by atoms with van der Waals surface area (Å²) < 4.78 is 5.08. The molecular weight excluding hydrogens is 298 g/mol. The molecular formula is C16H15N3O4. The zero-order chi connectivity index (χ0) is 16.7. The van der Waals surface area contributed by atoms with Gasteiger partial charge in [0, 0.05) is 0 Å². The molecule has 0 atom stereocenters. The number of nitrogens with one attached hydrogen (secondary N) is 2. The lowest BCUT2D eigenvalue weighted by Crippen LogP contribution is -2.32. The molecule has 3 N–H and O–H groups in total. The number of nitrogens with zero attached hydrogens (tertiary/aromatic N) is 1. The maximum atomic E-state index is 11.8. The quantitative estimate of drug-likeness (QED) is 0.452. The van der Waals surface area contributed by atoms with Crippen LogP contribution in [0, 0.1) is 0 Å². The Balaban J connectivity index is 1.94. The van der Waals surface area contributed by atoms with E-state index < -0.39 is 11.8 Å². The molecule has 0 bridgehead atoms. The second kappa shape index (κ2) is 7.60. The summed E-state index contributed by atoms with van der Waals surface area (Å²) in [6.07, 6.45) is 1.31. The van der Waals surface area contributed by atoms with Crippen LogP contribution < -0.4 is 15.5 Å². The fourth-order valence-corrected chi connectivity index (χ4v) is 1.75. The van der Waals surface area contributed by atoms with Crippen LogP contribution in [0.2, 0.25) is 0 Å². The monoisotopic (exact) mass is 313 g/mol. The van der Waals surface area contributed by atoms with Crippen molar-refractivity contribution in [3.63, 3.8) is 0 Å². The average Bonchev–Trinajstić information content (AvgIpc) is 2.55. The summed E-state index contributed by atoms with van der Waals surface area (Å²) in [4.78, 5) is 23.5. The third-order valence-corrected chi connectivity index (χ3v) is 2.81. The van der Waals surface area contributed by atoms with Crippen LogP contribution in [0.1, 0.15) is 5.56 Å². The van der Waals surface area contributed by atoms with Crippen LogP contribution in [0.4, 0.5) is 5.69 Å². The maximum absolute atomic E-state index is 11.8. The van der Waals surface area contributed by atoms with Crippen LogP contribution >= 0.6 is 0 Å². The molecule has 0 aliphatic carbocycles. The number of methoxy groups -OCH3 is 1. The minimum atomic E-state index is -0.924. The fraction of sp³-hybridized carbons (Fsp3) is 0.0625. The van der Waals surface area contributed by atoms with Crippen molar-refractivity contribution in [2.45, 2.75) is 0 Å². The van der Waals surface area contributed by atoms with Crippen molar-refractivity contribution in [2.75, 3.05) is 12.4 Å². The van der Waals surface area contributed by atoms with Crippen LogP contribution in [-0.4, -0.2) is 30.2 Å². The second-order valence-corrected chi connectivity index (χ2v) is 4.45. The first kappa shape index (κ1) is 16.0. The molecule has 0 heterocycles. The van der Waals surface area contributed by atoms with Gasteiger partial charge in [-0.05, 0) is 29.8 Å². The van der Waals surface area contributed by atoms with E-state index >= 15 is 0 Å². The highest BCUT2D eigenvalue weighted by molar-refractivity contribution is 6.39. The Morgan fingerprint density at radius 2 is 1.91 bits per heavy atom. The Morgan fingerprint density at radius 3 is 2.65 bits per heavy atom. The van der Waals surface area contributed by atoms with Crippen molar-refractivity contribution in [1.82, 2.24) is 5.43 Å². The number of carbonyl (C=O) groups excluding carboxylic acids is 2. The molecule has 2 rings (SSSR count). The molecule has 0 aromatic heterocycles. The molecule has 2 aromatic rings. The third-order valence-electron chi connectivity index (χ3n) is 2.81. The number of phenolic OH excluding ortho intramolecular Hbond substituents is 1. The SMILES string of the molecule is COc1ccccc1NC(=O)C(=O)N/N=C/c1cccc(O)c1. The summed E-state index contributed by atoms with van der Waals surface area (Å²) >= 11 is 0. The highest BCUT2D eigenvalue weighted by atomic mass is 16.5. The van der Waals surface area contributed by atoms with Gasteiger partial charge in [0.05, 0.1) is 19.0 Å². The van der Waals surface area contributed by atoms with Gasteiger partial charge in [0.15, 0.2) is 0 Å². The minimum Gasteiger partial charge on any atom is -0.508 e. The van der Waals surface area contributed by atoms with E-state index in [0.717, 1.165) is 0 Å². The zero-order valence-electron chi connectivity index (χ0n) is 12.3. The van der Waals surface area contributed by atoms with Crippen molar-refractivity contribution in [3.05, 3.63) is 54.1 Å². The van der Waals surface area contributed by atoms with Gasteiger partial charge in [-0.25, -0.2) is 5.43 Å². The Bertz CT molecular complexity index is 744. The van der Waals surface area contributed by atoms with Crippen LogP contribution in [0.3, 0.4) is 0 Å². The number of amides is 2. The lowest BCUT2D eigenvalue weighted by atomic mass is 10.2. The second-order valence-electron chi connectivity index (χ2n) is 4.45. The van der Waals surface area contributed by atoms with Gasteiger partial charge in [-0.3, -0.25) is 9.59 Å². The summed E-state index contributed by atoms with van der Waals surface area (Å²) in [6.45, 7) is 0. The minimum absolute atomic E-state index is 0.0780. The first-order chi connectivity index (χ1) is 11.1. The summed E-state index contributed by atoms with van der Waals surface area (Å²) in [5.41, 5.74) is 3.06. The number of para-hydroxylation sites is 2. The summed E-state index contributed by atoms with van der Waals surface area (Å²) in [6, 6.07) is 13.0. The normalized spacial score (nSPS) is 10.3. The number of benzene rings is 2. The van der Waals surface area contributed by atoms with E-state index in [0.29, 0.717) is 17.0 Å². The van der Waals surface area contributed by atoms with E-state index in [1.807, 2.05) is 0 Å². The Morgan fingerprint density at radius 1 is 1.13 bits per heavy atom. The maximum Gasteiger partial charge on any atom is 0.329 e. The van der Waals surface area contributed by atoms with E-state index in [9.17, 15) is 14.7 Å². The van der Waals surface area contributed by atoms with Gasteiger partial charge in [0.2, 0.25) is 0 Å². The molecule has 0 radical (unpaired) electrons. The van der Waals surface area contributed by atoms with E-state index in [4.69, 9.17) is 4.74 Å². The Kier molecular flexibility index (Phi) is 5.30. The summed E-state index contributed by atoms with van der Waals surface area (Å²) in [7, 11) is 1.46. The number of aromatic hydroxyl groups is 1. The van der Waals surface area contributed by atoms with Gasteiger partial charge in [0.1, 0.15) is 11.5 Å². The van der Waals surface area contributed by atoms with Crippen LogP contribution in [0.5, 0.6) is 11.5 Å². The molecule has 2 aromatic carbocycles. The molecule has 0 spiro atoms. The first-order valence-electron chi connectivity index (χ1n) is 6.66. The lowest BCUT2D eigenvalue weighted by molar-refractivity contribution is -0.136. The zero-order valence-corrected chi connectivity index (χ0v) is 12.3. The Hall–Kier alpha value is -3.35. The van der Waals surface area contributed by atoms with Gasteiger partial charge in [-0.1, -0.05) is 24.3 Å². The van der Waals surface area contributed by atoms with Gasteiger partial charge in [-0.15, -0.1) is 0 Å². The van der Waals surface area contributed by atoms with E-state index in [1.54, 1.807) is 36.4 Å². The molecule has 7 nitrogen and oxygen atoms in total. The predicted molar refractivity (Wildman–Crippen MR) is 85.5 cm³/mol. The van der Waals surface area contributed by atoms with Crippen molar-refractivity contribution in [2.24, 2.45) is 5.10 Å². The van der Waals surface area contributed by atoms with Crippen molar-refractivity contribution >= 4 is 23.7 Å². The predicted octanol–water partition coefficient (Wildman–Crippen LogP) is 1.49. The van der Waals surface area contributed by atoms with Gasteiger partial charge in [-0.2, -0.15) is 5.10 Å². The van der Waals surface area contributed by atoms with Crippen molar-refractivity contribution in [3.8, 4) is 11.5 Å². The first-order valence-corrected chi connectivity index (χ1v) is 6.66. The number of hydrogen-bond acceptors (Lipinski definition) is 5. The van der Waals surface area contributed by atoms with Gasteiger partial charge < -0.3 is 15.2 Å². The number of ether oxygens (including phenoxy) is 1. The molecule has 0 saturated heterocycles. The Labute approximate surface area is 132 Å². The highest BCUT2D eigenvalue weighted by Crippen LogP contribution is 2.22. The smallest absolute Gasteiger partial charge is 0.329 e. The largest absolute Gasteiger partial charge is 0.508 e. The number of carbonyl (C=O) groups is 2. The lowest BCUT2D eigenvalue weighted by Gasteiger charge is -2.08. The average molecular weight is 313 g/mol. The number of hydrogen-bond donors (Lipinski definition) is 3. The van der Waals surface area contributed by atoms with Gasteiger partial charge >= 0.3 is 11.8 Å². The van der Waals surface area contributed by atoms with Crippen molar-refractivity contribution < 1.29 is 19.4 Å². The number of hydrazone groups is 1. The summed E-state index contributed by atoms with van der Waals surface area (Å²) in [5, 5.41) is 15.4. The molecule has 0 aliphatic heterocycles. The standard InChI is InChI=1S/C16H15N3O4/c1-23-14-8-3-2-7-13(14)18-15(21)16(22)19-17-10-11-5-4-6-12(20)9-11/h2-10,20H,1H3,(H,18,21)(H,19,22)/b17-10+. The molecule has 23 heavy (non-hydrogen) atoms. The van der Waals surface area contributed by atoms with Crippen LogP contribution in [-0.2, 0) is 9.59 Å². The molecule has 0 aliphatic rings. The third kappa shape index (κ3) is 4.57. The number of anilines is 1. The van der Waals surface area contributed by atoms with Gasteiger partial charge in [0.25, 0.3) is 0 Å². The fourth-order valence-electron chi connectivity index (χ4n) is 1.75. The van der Waals surface area contributed by atoms with E-state index in [2.05, 4.69) is 15.8 Å². The molecule has 7 heteroatoms. The van der Waals surface area contributed by atoms with Crippen molar-refractivity contribution in [1.29, 1.82) is 0 Å². The molecule has 0 fully saturated rings. The number of phenols is 1. The topological polar surface area (TPSA) is 100 Å². The van der Waals surface area contributed by atoms with Crippen LogP contribution in [0.25, 0.3) is 0 Å². The molecule has 2 amide bonds. The highest BCUT2D eigenvalue weighted by Gasteiger charge is 2.14.